The summed E-state index contributed by atoms with van der Waals surface area (Å²) < 4.78 is 58.3. The van der Waals surface area contributed by atoms with Crippen LogP contribution < -0.4 is 0 Å². The summed E-state index contributed by atoms with van der Waals surface area (Å²) in [6, 6.07) is 13.2. The molecule has 0 radical (unpaired) electrons. The summed E-state index contributed by atoms with van der Waals surface area (Å²) in [6.45, 7) is -0.250. The number of thiophene rings is 1. The molecule has 0 saturated heterocycles. The zero-order valence-electron chi connectivity index (χ0n) is 19.7. The van der Waals surface area contributed by atoms with Crippen LogP contribution in [0.3, 0.4) is 0 Å². The smallest absolute Gasteiger partial charge is 0.383 e. The highest BCUT2D eigenvalue weighted by atomic mass is 32.1. The molecule has 4 rings (SSSR count). The number of hydrogen-bond donors (Lipinski definition) is 0. The number of nitrogens with zero attached hydrogens (tertiary/aromatic N) is 3. The molecule has 0 bridgehead atoms. The summed E-state index contributed by atoms with van der Waals surface area (Å²) >= 11 is 1.43. The van der Waals surface area contributed by atoms with Crippen LogP contribution in [0, 0.1) is 5.82 Å². The van der Waals surface area contributed by atoms with Crippen molar-refractivity contribution in [1.82, 2.24) is 9.91 Å². The Balaban J connectivity index is 1.59. The lowest BCUT2D eigenvalue weighted by Gasteiger charge is -2.26. The fourth-order valence-corrected chi connectivity index (χ4v) is 4.79. The van der Waals surface area contributed by atoms with Gasteiger partial charge in [0.1, 0.15) is 12.4 Å². The average molecular weight is 534 g/mol. The van der Waals surface area contributed by atoms with Gasteiger partial charge in [0.25, 0.3) is 11.8 Å². The normalized spacial score (nSPS) is 15.5. The molecule has 0 unspecified atom stereocenters. The SMILES string of the molecule is COCCN(CC(=O)N1N=C(c2ccccc2F)C[C@@H]1c1cccs1)C(=O)c1ccc(C(F)(F)F)cc1. The third-order valence-electron chi connectivity index (χ3n) is 5.86. The van der Waals surface area contributed by atoms with Gasteiger partial charge >= 0.3 is 6.18 Å². The topological polar surface area (TPSA) is 62.2 Å². The lowest BCUT2D eigenvalue weighted by atomic mass is 10.0. The van der Waals surface area contributed by atoms with Gasteiger partial charge in [-0.2, -0.15) is 18.3 Å². The van der Waals surface area contributed by atoms with E-state index in [1.54, 1.807) is 18.2 Å². The quantitative estimate of drug-likeness (QED) is 0.366. The minimum absolute atomic E-state index is 0.00341. The first kappa shape index (κ1) is 26.5. The highest BCUT2D eigenvalue weighted by Crippen LogP contribution is 2.36. The van der Waals surface area contributed by atoms with Crippen molar-refractivity contribution in [3.8, 4) is 0 Å². The summed E-state index contributed by atoms with van der Waals surface area (Å²) in [5.41, 5.74) is -0.183. The van der Waals surface area contributed by atoms with Gasteiger partial charge in [-0.15, -0.1) is 11.3 Å². The molecule has 2 heterocycles. The molecular weight excluding hydrogens is 510 g/mol. The van der Waals surface area contributed by atoms with Gasteiger partial charge in [0.2, 0.25) is 0 Å². The van der Waals surface area contributed by atoms with Crippen LogP contribution in [0.25, 0.3) is 0 Å². The Labute approximate surface area is 214 Å². The first-order chi connectivity index (χ1) is 17.7. The Kier molecular flexibility index (Phi) is 8.03. The van der Waals surface area contributed by atoms with Crippen LogP contribution in [0.5, 0.6) is 0 Å². The second-order valence-corrected chi connectivity index (χ2v) is 9.27. The van der Waals surface area contributed by atoms with Crippen molar-refractivity contribution in [2.45, 2.75) is 18.6 Å². The molecule has 194 valence electrons. The zero-order valence-corrected chi connectivity index (χ0v) is 20.6. The standard InChI is InChI=1S/C26H23F4N3O3S/c1-36-13-12-32(25(35)17-8-10-18(11-9-17)26(28,29)30)16-24(34)33-22(23-7-4-14-37-23)15-21(31-33)19-5-2-3-6-20(19)27/h2-11,14,22H,12-13,15-16H2,1H3/t22-/m1/s1. The number of rotatable bonds is 8. The van der Waals surface area contributed by atoms with Gasteiger partial charge in [-0.3, -0.25) is 9.59 Å². The summed E-state index contributed by atoms with van der Waals surface area (Å²) in [5, 5.41) is 7.55. The van der Waals surface area contributed by atoms with E-state index in [0.717, 1.165) is 29.1 Å². The molecule has 0 aliphatic carbocycles. The van der Waals surface area contributed by atoms with Gasteiger partial charge in [0.05, 0.1) is 23.9 Å². The molecule has 0 saturated carbocycles. The molecule has 0 N–H and O–H groups in total. The fraction of sp³-hybridized carbons (Fsp3) is 0.269. The fourth-order valence-electron chi connectivity index (χ4n) is 3.97. The number of amides is 2. The van der Waals surface area contributed by atoms with E-state index in [2.05, 4.69) is 5.10 Å². The Bertz CT molecular complexity index is 1280. The van der Waals surface area contributed by atoms with Gasteiger partial charge < -0.3 is 9.64 Å². The van der Waals surface area contributed by atoms with Crippen molar-refractivity contribution in [3.63, 3.8) is 0 Å². The molecule has 2 aromatic carbocycles. The third-order valence-corrected chi connectivity index (χ3v) is 6.83. The summed E-state index contributed by atoms with van der Waals surface area (Å²) in [7, 11) is 1.43. The van der Waals surface area contributed by atoms with Crippen LogP contribution >= 0.6 is 11.3 Å². The Morgan fingerprint density at radius 1 is 1.11 bits per heavy atom. The van der Waals surface area contributed by atoms with Crippen molar-refractivity contribution in [1.29, 1.82) is 0 Å². The largest absolute Gasteiger partial charge is 0.416 e. The summed E-state index contributed by atoms with van der Waals surface area (Å²) in [4.78, 5) is 28.6. The Morgan fingerprint density at radius 3 is 2.46 bits per heavy atom. The highest BCUT2D eigenvalue weighted by molar-refractivity contribution is 7.10. The molecular formula is C26H23F4N3O3S. The molecule has 0 spiro atoms. The molecule has 6 nitrogen and oxygen atoms in total. The second-order valence-electron chi connectivity index (χ2n) is 8.29. The lowest BCUT2D eigenvalue weighted by Crippen LogP contribution is -2.42. The maximum Gasteiger partial charge on any atom is 0.416 e. The number of benzene rings is 2. The van der Waals surface area contributed by atoms with E-state index in [1.807, 2.05) is 17.5 Å². The van der Waals surface area contributed by atoms with Crippen molar-refractivity contribution < 1.29 is 31.9 Å². The number of halogens is 4. The number of carbonyl (C=O) groups excluding carboxylic acids is 2. The Hall–Kier alpha value is -3.57. The zero-order chi connectivity index (χ0) is 26.6. The summed E-state index contributed by atoms with van der Waals surface area (Å²) in [6.07, 6.45) is -4.24. The molecule has 1 aliphatic rings. The van der Waals surface area contributed by atoms with E-state index >= 15 is 0 Å². The van der Waals surface area contributed by atoms with Crippen LogP contribution in [0.1, 0.15) is 38.8 Å². The van der Waals surface area contributed by atoms with Crippen LogP contribution in [-0.4, -0.2) is 54.2 Å². The molecule has 0 fully saturated rings. The average Bonchev–Trinajstić information content (AvgIpc) is 3.56. The maximum atomic E-state index is 14.5. The number of ether oxygens (including phenoxy) is 1. The number of carbonyl (C=O) groups is 2. The molecule has 3 aromatic rings. The maximum absolute atomic E-state index is 14.5. The van der Waals surface area contributed by atoms with Gasteiger partial charge in [-0.25, -0.2) is 9.40 Å². The minimum atomic E-state index is -4.53. The lowest BCUT2D eigenvalue weighted by molar-refractivity contribution is -0.137. The monoisotopic (exact) mass is 533 g/mol. The predicted molar refractivity (Wildman–Crippen MR) is 131 cm³/mol. The van der Waals surface area contributed by atoms with E-state index in [-0.39, 0.29) is 37.2 Å². The summed E-state index contributed by atoms with van der Waals surface area (Å²) in [5.74, 6) is -1.59. The number of hydrogen-bond acceptors (Lipinski definition) is 5. The molecule has 1 aliphatic heterocycles. The van der Waals surface area contributed by atoms with E-state index in [9.17, 15) is 27.2 Å². The number of alkyl halides is 3. The molecule has 11 heteroatoms. The van der Waals surface area contributed by atoms with Gasteiger partial charge in [-0.05, 0) is 41.8 Å². The van der Waals surface area contributed by atoms with Gasteiger partial charge in [0, 0.05) is 36.1 Å². The molecule has 37 heavy (non-hydrogen) atoms. The van der Waals surface area contributed by atoms with Crippen molar-refractivity contribution >= 4 is 28.9 Å². The van der Waals surface area contributed by atoms with Crippen LogP contribution in [-0.2, 0) is 15.7 Å². The van der Waals surface area contributed by atoms with E-state index < -0.39 is 35.4 Å². The van der Waals surface area contributed by atoms with Gasteiger partial charge in [0.15, 0.2) is 0 Å². The predicted octanol–water partition coefficient (Wildman–Crippen LogP) is 5.37. The molecule has 2 amide bonds. The van der Waals surface area contributed by atoms with Crippen molar-refractivity contribution in [2.75, 3.05) is 26.8 Å². The van der Waals surface area contributed by atoms with Gasteiger partial charge in [-0.1, -0.05) is 24.3 Å². The van der Waals surface area contributed by atoms with Crippen molar-refractivity contribution in [3.05, 3.63) is 93.4 Å². The first-order valence-electron chi connectivity index (χ1n) is 11.3. The minimum Gasteiger partial charge on any atom is -0.383 e. The van der Waals surface area contributed by atoms with E-state index in [4.69, 9.17) is 4.74 Å². The Morgan fingerprint density at radius 2 is 1.84 bits per heavy atom. The van der Waals surface area contributed by atoms with Crippen molar-refractivity contribution in [2.24, 2.45) is 5.10 Å². The number of methoxy groups -OCH3 is 1. The first-order valence-corrected chi connectivity index (χ1v) is 12.2. The molecule has 1 atom stereocenters. The van der Waals surface area contributed by atoms with E-state index in [1.165, 1.54) is 34.4 Å². The third kappa shape index (κ3) is 6.05. The number of hydrazone groups is 1. The highest BCUT2D eigenvalue weighted by Gasteiger charge is 2.36. The van der Waals surface area contributed by atoms with Crippen LogP contribution in [0.2, 0.25) is 0 Å². The molecule has 1 aromatic heterocycles. The van der Waals surface area contributed by atoms with Crippen LogP contribution in [0.15, 0.2) is 71.1 Å². The van der Waals surface area contributed by atoms with Crippen LogP contribution in [0.4, 0.5) is 17.6 Å². The van der Waals surface area contributed by atoms with E-state index in [0.29, 0.717) is 5.71 Å². The second kappa shape index (κ2) is 11.2.